The molecule has 1 aliphatic carbocycles. The molecule has 0 radical (unpaired) electrons. The lowest BCUT2D eigenvalue weighted by atomic mass is 10.0. The molecule has 8 nitrogen and oxygen atoms in total. The molecule has 1 saturated carbocycles. The first-order valence-electron chi connectivity index (χ1n) is 13.4. The summed E-state index contributed by atoms with van der Waals surface area (Å²) < 4.78 is 41.4. The number of pyridine rings is 2. The number of carbonyl (C=O) groups is 1. The molecular weight excluding hydrogens is 528 g/mol. The van der Waals surface area contributed by atoms with Crippen molar-refractivity contribution in [2.45, 2.75) is 25.3 Å². The first-order valence-corrected chi connectivity index (χ1v) is 13.4. The molecule has 4 heterocycles. The Morgan fingerprint density at radius 3 is 2.71 bits per heavy atom. The largest absolute Gasteiger partial charge is 0.495 e. The van der Waals surface area contributed by atoms with Gasteiger partial charge in [-0.1, -0.05) is 12.1 Å². The minimum atomic E-state index is -0.595. The molecule has 3 aromatic heterocycles. The molecule has 0 spiro atoms. The van der Waals surface area contributed by atoms with Gasteiger partial charge in [0.05, 0.1) is 19.9 Å². The Bertz CT molecular complexity index is 1800. The number of hydrogen-bond acceptors (Lipinski definition) is 6. The molecule has 0 unspecified atom stereocenters. The van der Waals surface area contributed by atoms with Gasteiger partial charge in [-0.05, 0) is 66.3 Å². The lowest BCUT2D eigenvalue weighted by molar-refractivity contribution is 0.0737. The molecule has 41 heavy (non-hydrogen) atoms. The SMILES string of the molecule is COc1ccc(-c2nc3c(-c4ccc(CN5CCOc6cc(C7CC7)cc(F)c6C5=O)c(F)c4)ccnc3[nH]2)nc1. The number of amides is 1. The summed E-state index contributed by atoms with van der Waals surface area (Å²) in [6.45, 7) is 0.401. The summed E-state index contributed by atoms with van der Waals surface area (Å²) in [6.07, 6.45) is 5.26. The standard InChI is InChI=1S/C31H25F2N5O3/c1-40-21-6-7-25(35-15-21)29-36-28-22(8-9-34-30(28)37-29)18-4-5-19(23(32)12-18)16-38-10-11-41-26-14-20(17-2-3-17)13-24(33)27(26)31(38)39/h4-9,12-15,17H,2-3,10-11,16H2,1H3,(H,34,36,37). The number of halogens is 2. The number of imidazole rings is 1. The third-order valence-electron chi connectivity index (χ3n) is 7.57. The van der Waals surface area contributed by atoms with Gasteiger partial charge in [-0.3, -0.25) is 4.79 Å². The highest BCUT2D eigenvalue weighted by Crippen LogP contribution is 2.43. The van der Waals surface area contributed by atoms with Crippen molar-refractivity contribution in [1.82, 2.24) is 24.8 Å². The fraction of sp³-hybridized carbons (Fsp3) is 0.226. The topological polar surface area (TPSA) is 93.2 Å². The van der Waals surface area contributed by atoms with Crippen LogP contribution in [0.15, 0.2) is 60.9 Å². The number of hydrogen-bond donors (Lipinski definition) is 1. The van der Waals surface area contributed by atoms with Crippen LogP contribution >= 0.6 is 0 Å². The van der Waals surface area contributed by atoms with Crippen molar-refractivity contribution < 1.29 is 23.0 Å². The van der Waals surface area contributed by atoms with Gasteiger partial charge in [0.15, 0.2) is 11.5 Å². The van der Waals surface area contributed by atoms with Crippen LogP contribution in [0.25, 0.3) is 33.8 Å². The second-order valence-electron chi connectivity index (χ2n) is 10.3. The number of H-pyrrole nitrogens is 1. The van der Waals surface area contributed by atoms with Crippen molar-refractivity contribution in [3.05, 3.63) is 89.2 Å². The molecule has 1 amide bonds. The van der Waals surface area contributed by atoms with Crippen LogP contribution in [-0.4, -0.2) is 51.0 Å². The van der Waals surface area contributed by atoms with Crippen LogP contribution in [0.4, 0.5) is 8.78 Å². The Hall–Kier alpha value is -4.86. The molecule has 5 aromatic rings. The first kappa shape index (κ1) is 25.1. The molecule has 1 aliphatic heterocycles. The predicted molar refractivity (Wildman–Crippen MR) is 148 cm³/mol. The maximum Gasteiger partial charge on any atom is 0.261 e. The monoisotopic (exact) mass is 553 g/mol. The van der Waals surface area contributed by atoms with Gasteiger partial charge in [0, 0.05) is 23.9 Å². The van der Waals surface area contributed by atoms with Crippen molar-refractivity contribution in [3.63, 3.8) is 0 Å². The van der Waals surface area contributed by atoms with E-state index in [4.69, 9.17) is 9.47 Å². The van der Waals surface area contributed by atoms with E-state index < -0.39 is 17.5 Å². The second kappa shape index (κ2) is 9.96. The van der Waals surface area contributed by atoms with Crippen LogP contribution in [0.1, 0.15) is 40.2 Å². The molecule has 10 heteroatoms. The molecule has 2 aliphatic rings. The number of methoxy groups -OCH3 is 1. The Labute approximate surface area is 234 Å². The zero-order valence-electron chi connectivity index (χ0n) is 22.2. The molecule has 0 atom stereocenters. The first-order chi connectivity index (χ1) is 20.0. The van der Waals surface area contributed by atoms with Gasteiger partial charge < -0.3 is 19.4 Å². The highest BCUT2D eigenvalue weighted by atomic mass is 19.1. The average Bonchev–Trinajstić information content (AvgIpc) is 3.76. The van der Waals surface area contributed by atoms with E-state index in [1.54, 1.807) is 55.9 Å². The molecule has 0 saturated heterocycles. The zero-order chi connectivity index (χ0) is 28.1. The molecule has 1 fully saturated rings. The number of fused-ring (bicyclic) bond motifs is 2. The number of aromatic amines is 1. The fourth-order valence-corrected chi connectivity index (χ4v) is 5.21. The second-order valence-corrected chi connectivity index (χ2v) is 10.3. The number of aromatic nitrogens is 4. The van der Waals surface area contributed by atoms with Gasteiger partial charge in [0.1, 0.15) is 46.5 Å². The summed E-state index contributed by atoms with van der Waals surface area (Å²) in [6, 6.07) is 13.4. The van der Waals surface area contributed by atoms with Gasteiger partial charge in [0.2, 0.25) is 0 Å². The maximum atomic E-state index is 15.5. The lowest BCUT2D eigenvalue weighted by Gasteiger charge is -2.21. The Morgan fingerprint density at radius 1 is 1.07 bits per heavy atom. The molecular formula is C31H25F2N5O3. The van der Waals surface area contributed by atoms with E-state index in [0.29, 0.717) is 51.0 Å². The van der Waals surface area contributed by atoms with Crippen molar-refractivity contribution in [2.24, 2.45) is 0 Å². The van der Waals surface area contributed by atoms with Crippen molar-refractivity contribution in [3.8, 4) is 34.1 Å². The van der Waals surface area contributed by atoms with Gasteiger partial charge >= 0.3 is 0 Å². The van der Waals surface area contributed by atoms with E-state index >= 15 is 8.78 Å². The number of carbonyl (C=O) groups excluding carboxylic acids is 1. The van der Waals surface area contributed by atoms with Crippen LogP contribution in [0, 0.1) is 11.6 Å². The molecule has 2 aromatic carbocycles. The minimum Gasteiger partial charge on any atom is -0.495 e. The third-order valence-corrected chi connectivity index (χ3v) is 7.57. The van der Waals surface area contributed by atoms with Crippen LogP contribution in [0.3, 0.4) is 0 Å². The van der Waals surface area contributed by atoms with Crippen molar-refractivity contribution >= 4 is 17.1 Å². The van der Waals surface area contributed by atoms with E-state index in [-0.39, 0.29) is 31.0 Å². The molecule has 1 N–H and O–H groups in total. The Morgan fingerprint density at radius 2 is 1.95 bits per heavy atom. The van der Waals surface area contributed by atoms with Crippen molar-refractivity contribution in [2.75, 3.05) is 20.3 Å². The molecule has 206 valence electrons. The highest BCUT2D eigenvalue weighted by molar-refractivity contribution is 5.97. The predicted octanol–water partition coefficient (Wildman–Crippen LogP) is 5.89. The minimum absolute atomic E-state index is 0.0149. The average molecular weight is 554 g/mol. The number of rotatable bonds is 6. The summed E-state index contributed by atoms with van der Waals surface area (Å²) in [7, 11) is 1.57. The number of benzene rings is 2. The van der Waals surface area contributed by atoms with Gasteiger partial charge in [-0.25, -0.2) is 23.7 Å². The summed E-state index contributed by atoms with van der Waals surface area (Å²) in [4.78, 5) is 31.3. The summed E-state index contributed by atoms with van der Waals surface area (Å²) >= 11 is 0. The Balaban J connectivity index is 1.16. The fourth-order valence-electron chi connectivity index (χ4n) is 5.21. The van der Waals surface area contributed by atoms with Crippen LogP contribution in [0.2, 0.25) is 0 Å². The van der Waals surface area contributed by atoms with Gasteiger partial charge in [-0.2, -0.15) is 0 Å². The van der Waals surface area contributed by atoms with Gasteiger partial charge in [-0.15, -0.1) is 0 Å². The Kier molecular flexibility index (Phi) is 6.10. The van der Waals surface area contributed by atoms with E-state index in [2.05, 4.69) is 19.9 Å². The summed E-state index contributed by atoms with van der Waals surface area (Å²) in [5, 5.41) is 0. The van der Waals surface area contributed by atoms with E-state index in [1.807, 2.05) is 0 Å². The van der Waals surface area contributed by atoms with Crippen molar-refractivity contribution in [1.29, 1.82) is 0 Å². The van der Waals surface area contributed by atoms with E-state index in [0.717, 1.165) is 18.4 Å². The van der Waals surface area contributed by atoms with Crippen LogP contribution in [-0.2, 0) is 6.54 Å². The lowest BCUT2D eigenvalue weighted by Crippen LogP contribution is -2.32. The third kappa shape index (κ3) is 4.65. The molecule has 7 rings (SSSR count). The zero-order valence-corrected chi connectivity index (χ0v) is 22.2. The summed E-state index contributed by atoms with van der Waals surface area (Å²) in [5.41, 5.74) is 4.11. The molecule has 0 bridgehead atoms. The summed E-state index contributed by atoms with van der Waals surface area (Å²) in [5.74, 6) is 0.163. The van der Waals surface area contributed by atoms with E-state index in [1.165, 1.54) is 17.0 Å². The maximum absolute atomic E-state index is 15.5. The number of nitrogens with one attached hydrogen (secondary N) is 1. The smallest absolute Gasteiger partial charge is 0.261 e. The van der Waals surface area contributed by atoms with Gasteiger partial charge in [0.25, 0.3) is 5.91 Å². The van der Waals surface area contributed by atoms with Crippen LogP contribution in [0.5, 0.6) is 11.5 Å². The highest BCUT2D eigenvalue weighted by Gasteiger charge is 2.31. The van der Waals surface area contributed by atoms with Crippen LogP contribution < -0.4 is 9.47 Å². The number of nitrogens with zero attached hydrogens (tertiary/aromatic N) is 4. The quantitative estimate of drug-likeness (QED) is 0.282. The normalized spacial score (nSPS) is 15.0. The number of ether oxygens (including phenoxy) is 2. The van der Waals surface area contributed by atoms with E-state index in [9.17, 15) is 4.79 Å².